The van der Waals surface area contributed by atoms with E-state index in [4.69, 9.17) is 4.52 Å². The van der Waals surface area contributed by atoms with Gasteiger partial charge in [0, 0.05) is 50.5 Å². The van der Waals surface area contributed by atoms with Gasteiger partial charge in [-0.25, -0.2) is 9.78 Å². The first-order chi connectivity index (χ1) is 13.0. The van der Waals surface area contributed by atoms with Crippen molar-refractivity contribution in [3.63, 3.8) is 0 Å². The van der Waals surface area contributed by atoms with Crippen LogP contribution >= 0.6 is 0 Å². The summed E-state index contributed by atoms with van der Waals surface area (Å²) < 4.78 is 7.29. The Hall–Kier alpha value is -3.16. The molecule has 0 aromatic carbocycles. The Morgan fingerprint density at radius 3 is 2.81 bits per heavy atom. The third kappa shape index (κ3) is 4.33. The van der Waals surface area contributed by atoms with Crippen LogP contribution in [0.4, 0.5) is 4.79 Å². The molecule has 142 valence electrons. The third-order valence-corrected chi connectivity index (χ3v) is 4.34. The molecular formula is C19H24N6O2. The van der Waals surface area contributed by atoms with Gasteiger partial charge in [-0.15, -0.1) is 0 Å². The molecule has 0 saturated carbocycles. The molecule has 0 aliphatic carbocycles. The van der Waals surface area contributed by atoms with Crippen LogP contribution in [0.3, 0.4) is 0 Å². The quantitative estimate of drug-likeness (QED) is 0.722. The first-order valence-electron chi connectivity index (χ1n) is 8.80. The summed E-state index contributed by atoms with van der Waals surface area (Å²) in [4.78, 5) is 22.7. The molecule has 0 spiro atoms. The van der Waals surface area contributed by atoms with Crippen LogP contribution in [-0.2, 0) is 13.6 Å². The fraction of sp³-hybridized carbons (Fsp3) is 0.368. The number of pyridine rings is 1. The molecule has 0 fully saturated rings. The molecule has 0 bridgehead atoms. The monoisotopic (exact) mass is 368 g/mol. The maximum Gasteiger partial charge on any atom is 0.318 e. The number of rotatable bonds is 6. The smallest absolute Gasteiger partial charge is 0.318 e. The largest absolute Gasteiger partial charge is 0.359 e. The van der Waals surface area contributed by atoms with Gasteiger partial charge in [0.25, 0.3) is 0 Å². The standard InChI is InChI=1S/C19H24N6O2/c1-13(2)17(18-21-8-9-24(18)3)22-19(26)25(4)12-15-10-16(23-27-15)14-6-5-7-20-11-14/h5-11,13,17H,12H2,1-4H3,(H,22,26)/t17-/m0/s1. The maximum absolute atomic E-state index is 12.7. The van der Waals surface area contributed by atoms with Crippen molar-refractivity contribution in [2.75, 3.05) is 7.05 Å². The van der Waals surface area contributed by atoms with Crippen molar-refractivity contribution in [2.45, 2.75) is 26.4 Å². The summed E-state index contributed by atoms with van der Waals surface area (Å²) in [7, 11) is 3.64. The first-order valence-corrected chi connectivity index (χ1v) is 8.80. The van der Waals surface area contributed by atoms with E-state index >= 15 is 0 Å². The molecule has 0 radical (unpaired) electrons. The van der Waals surface area contributed by atoms with Gasteiger partial charge in [0.2, 0.25) is 0 Å². The molecule has 27 heavy (non-hydrogen) atoms. The van der Waals surface area contributed by atoms with Crippen molar-refractivity contribution >= 4 is 6.03 Å². The number of carbonyl (C=O) groups excluding carboxylic acids is 1. The molecule has 0 aliphatic heterocycles. The summed E-state index contributed by atoms with van der Waals surface area (Å²) >= 11 is 0. The van der Waals surface area contributed by atoms with E-state index in [1.54, 1.807) is 30.5 Å². The van der Waals surface area contributed by atoms with Gasteiger partial charge in [-0.2, -0.15) is 0 Å². The molecule has 3 aromatic heterocycles. The lowest BCUT2D eigenvalue weighted by Gasteiger charge is -2.25. The highest BCUT2D eigenvalue weighted by Gasteiger charge is 2.24. The molecule has 8 heteroatoms. The Bertz CT molecular complexity index is 887. The normalized spacial score (nSPS) is 12.2. The summed E-state index contributed by atoms with van der Waals surface area (Å²) in [6.07, 6.45) is 7.03. The SMILES string of the molecule is CC(C)[C@H](NC(=O)N(C)Cc1cc(-c2cccnc2)no1)c1nccn1C. The molecule has 8 nitrogen and oxygen atoms in total. The van der Waals surface area contributed by atoms with Gasteiger partial charge in [0.1, 0.15) is 11.5 Å². The molecule has 0 aliphatic rings. The fourth-order valence-electron chi connectivity index (χ4n) is 2.79. The van der Waals surface area contributed by atoms with Crippen molar-refractivity contribution in [3.05, 3.63) is 54.6 Å². The molecule has 3 aromatic rings. The molecule has 1 atom stereocenters. The Labute approximate surface area is 158 Å². The summed E-state index contributed by atoms with van der Waals surface area (Å²) in [5.41, 5.74) is 1.56. The third-order valence-electron chi connectivity index (χ3n) is 4.34. The highest BCUT2D eigenvalue weighted by molar-refractivity contribution is 5.74. The molecule has 2 amide bonds. The van der Waals surface area contributed by atoms with E-state index in [9.17, 15) is 4.79 Å². The van der Waals surface area contributed by atoms with E-state index in [1.807, 2.05) is 36.0 Å². The van der Waals surface area contributed by atoms with Crippen LogP contribution in [0.5, 0.6) is 0 Å². The minimum absolute atomic E-state index is 0.180. The predicted molar refractivity (Wildman–Crippen MR) is 101 cm³/mol. The van der Waals surface area contributed by atoms with E-state index in [0.717, 1.165) is 11.4 Å². The van der Waals surface area contributed by atoms with Gasteiger partial charge in [-0.05, 0) is 18.1 Å². The van der Waals surface area contributed by atoms with Crippen LogP contribution < -0.4 is 5.32 Å². The van der Waals surface area contributed by atoms with Crippen molar-refractivity contribution in [2.24, 2.45) is 13.0 Å². The zero-order valence-corrected chi connectivity index (χ0v) is 16.0. The van der Waals surface area contributed by atoms with Crippen molar-refractivity contribution in [1.82, 2.24) is 29.9 Å². The number of amides is 2. The second-order valence-corrected chi connectivity index (χ2v) is 6.84. The Morgan fingerprint density at radius 1 is 1.37 bits per heavy atom. The van der Waals surface area contributed by atoms with E-state index in [2.05, 4.69) is 34.3 Å². The lowest BCUT2D eigenvalue weighted by atomic mass is 10.0. The summed E-state index contributed by atoms with van der Waals surface area (Å²) in [5.74, 6) is 1.63. The number of nitrogens with zero attached hydrogens (tertiary/aromatic N) is 5. The average molecular weight is 368 g/mol. The topological polar surface area (TPSA) is 89.1 Å². The number of hydrogen-bond acceptors (Lipinski definition) is 5. The predicted octanol–water partition coefficient (Wildman–Crippen LogP) is 3.01. The van der Waals surface area contributed by atoms with Crippen LogP contribution in [0.1, 0.15) is 31.5 Å². The number of aryl methyl sites for hydroxylation is 1. The number of nitrogens with one attached hydrogen (secondary N) is 1. The van der Waals surface area contributed by atoms with Gasteiger partial charge >= 0.3 is 6.03 Å². The second-order valence-electron chi connectivity index (χ2n) is 6.84. The maximum atomic E-state index is 12.7. The number of imidazole rings is 1. The van der Waals surface area contributed by atoms with E-state index in [1.165, 1.54) is 0 Å². The van der Waals surface area contributed by atoms with Crippen molar-refractivity contribution < 1.29 is 9.32 Å². The van der Waals surface area contributed by atoms with Gasteiger partial charge < -0.3 is 19.3 Å². The Morgan fingerprint density at radius 2 is 2.19 bits per heavy atom. The average Bonchev–Trinajstić information content (AvgIpc) is 3.29. The van der Waals surface area contributed by atoms with E-state index < -0.39 is 0 Å². The van der Waals surface area contributed by atoms with Gasteiger partial charge in [-0.1, -0.05) is 19.0 Å². The molecule has 0 saturated heterocycles. The summed E-state index contributed by atoms with van der Waals surface area (Å²) in [5, 5.41) is 7.10. The molecular weight excluding hydrogens is 344 g/mol. The fourth-order valence-corrected chi connectivity index (χ4v) is 2.79. The summed E-state index contributed by atoms with van der Waals surface area (Å²) in [6.45, 7) is 4.41. The highest BCUT2D eigenvalue weighted by Crippen LogP contribution is 2.21. The zero-order chi connectivity index (χ0) is 19.4. The van der Waals surface area contributed by atoms with Crippen LogP contribution in [0, 0.1) is 5.92 Å². The van der Waals surface area contributed by atoms with E-state index in [0.29, 0.717) is 18.0 Å². The van der Waals surface area contributed by atoms with Crippen LogP contribution in [0.15, 0.2) is 47.5 Å². The zero-order valence-electron chi connectivity index (χ0n) is 16.0. The summed E-state index contributed by atoms with van der Waals surface area (Å²) in [6, 6.07) is 5.19. The van der Waals surface area contributed by atoms with Gasteiger partial charge in [0.15, 0.2) is 5.76 Å². The number of hydrogen-bond donors (Lipinski definition) is 1. The van der Waals surface area contributed by atoms with Gasteiger partial charge in [0.05, 0.1) is 12.6 Å². The second kappa shape index (κ2) is 8.03. The lowest BCUT2D eigenvalue weighted by molar-refractivity contribution is 0.192. The number of urea groups is 1. The molecule has 3 rings (SSSR count). The Kier molecular flexibility index (Phi) is 5.54. The van der Waals surface area contributed by atoms with E-state index in [-0.39, 0.29) is 18.0 Å². The lowest BCUT2D eigenvalue weighted by Crippen LogP contribution is -2.41. The van der Waals surface area contributed by atoms with Gasteiger partial charge in [-0.3, -0.25) is 4.98 Å². The van der Waals surface area contributed by atoms with Crippen LogP contribution in [-0.4, -0.2) is 37.7 Å². The van der Waals surface area contributed by atoms with Crippen LogP contribution in [0.2, 0.25) is 0 Å². The van der Waals surface area contributed by atoms with Crippen LogP contribution in [0.25, 0.3) is 11.3 Å². The molecule has 1 N–H and O–H groups in total. The first kappa shape index (κ1) is 18.6. The number of aromatic nitrogens is 4. The molecule has 3 heterocycles. The Balaban J connectivity index is 1.65. The number of carbonyl (C=O) groups is 1. The highest BCUT2D eigenvalue weighted by atomic mass is 16.5. The minimum atomic E-state index is -0.198. The van der Waals surface area contributed by atoms with Crippen molar-refractivity contribution in [1.29, 1.82) is 0 Å². The van der Waals surface area contributed by atoms with Crippen molar-refractivity contribution in [3.8, 4) is 11.3 Å². The minimum Gasteiger partial charge on any atom is -0.359 e. The molecule has 0 unspecified atom stereocenters.